The average Bonchev–Trinajstić information content (AvgIpc) is 2.67. The Hall–Kier alpha value is -0.870. The molecule has 1 heterocycles. The molecule has 2 aliphatic rings. The van der Waals surface area contributed by atoms with Crippen LogP contribution in [0.4, 0.5) is 0 Å². The van der Waals surface area contributed by atoms with E-state index in [-0.39, 0.29) is 11.3 Å². The number of rotatable bonds is 1. The maximum absolute atomic E-state index is 12.4. The first-order valence-corrected chi connectivity index (χ1v) is 7.84. The molecule has 4 heteroatoms. The molecule has 0 radical (unpaired) electrons. The van der Waals surface area contributed by atoms with E-state index in [2.05, 4.69) is 24.4 Å². The Labute approximate surface area is 110 Å². The molecule has 1 aromatic rings. The minimum atomic E-state index is -0.731. The van der Waals surface area contributed by atoms with E-state index in [0.717, 1.165) is 24.5 Å². The van der Waals surface area contributed by atoms with Crippen LogP contribution in [0.5, 0.6) is 5.75 Å². The van der Waals surface area contributed by atoms with Crippen molar-refractivity contribution in [3.63, 3.8) is 0 Å². The Bertz CT molecular complexity index is 489. The standard InChI is InChI=1S/C14H19NO2S/c1-9-7-15-14-12-6-11(17-2)4-3-10(12)5-13(14)18(16)8-9/h3-4,6,9,13-15H,5,7-8H2,1-2H3. The molecule has 1 aromatic carbocycles. The maximum atomic E-state index is 12.4. The van der Waals surface area contributed by atoms with Crippen molar-refractivity contribution in [1.82, 2.24) is 5.32 Å². The van der Waals surface area contributed by atoms with E-state index in [4.69, 9.17) is 4.74 Å². The lowest BCUT2D eigenvalue weighted by Gasteiger charge is -2.17. The third kappa shape index (κ3) is 1.97. The van der Waals surface area contributed by atoms with Crippen molar-refractivity contribution in [2.45, 2.75) is 24.6 Å². The van der Waals surface area contributed by atoms with E-state index < -0.39 is 10.8 Å². The van der Waals surface area contributed by atoms with Crippen molar-refractivity contribution in [1.29, 1.82) is 0 Å². The Morgan fingerprint density at radius 3 is 3.06 bits per heavy atom. The number of nitrogens with one attached hydrogen (secondary N) is 1. The van der Waals surface area contributed by atoms with Crippen molar-refractivity contribution in [3.05, 3.63) is 29.3 Å². The third-order valence-electron chi connectivity index (χ3n) is 3.95. The molecule has 0 saturated carbocycles. The Balaban J connectivity index is 1.97. The SMILES string of the molecule is COc1ccc2c(c1)C1NCC(C)CS(=O)C1C2. The predicted molar refractivity (Wildman–Crippen MR) is 73.4 cm³/mol. The van der Waals surface area contributed by atoms with Gasteiger partial charge in [0.15, 0.2) is 0 Å². The highest BCUT2D eigenvalue weighted by atomic mass is 32.2. The summed E-state index contributed by atoms with van der Waals surface area (Å²) < 4.78 is 17.7. The number of benzene rings is 1. The second-order valence-electron chi connectivity index (χ2n) is 5.35. The average molecular weight is 265 g/mol. The van der Waals surface area contributed by atoms with Crippen LogP contribution in [0.2, 0.25) is 0 Å². The van der Waals surface area contributed by atoms with Crippen molar-refractivity contribution < 1.29 is 8.95 Å². The molecule has 0 spiro atoms. The normalized spacial score (nSPS) is 34.6. The second kappa shape index (κ2) is 4.67. The van der Waals surface area contributed by atoms with Gasteiger partial charge in [0.1, 0.15) is 5.75 Å². The van der Waals surface area contributed by atoms with Gasteiger partial charge in [-0.3, -0.25) is 4.21 Å². The highest BCUT2D eigenvalue weighted by Gasteiger charge is 2.38. The summed E-state index contributed by atoms with van der Waals surface area (Å²) in [6.07, 6.45) is 0.927. The zero-order chi connectivity index (χ0) is 12.7. The van der Waals surface area contributed by atoms with E-state index in [0.29, 0.717) is 5.92 Å². The summed E-state index contributed by atoms with van der Waals surface area (Å²) in [5.41, 5.74) is 2.60. The highest BCUT2D eigenvalue weighted by Crippen LogP contribution is 2.38. The van der Waals surface area contributed by atoms with Gasteiger partial charge < -0.3 is 10.1 Å². The van der Waals surface area contributed by atoms with E-state index in [9.17, 15) is 4.21 Å². The molecule has 98 valence electrons. The van der Waals surface area contributed by atoms with Gasteiger partial charge in [-0.15, -0.1) is 0 Å². The number of ether oxygens (including phenoxy) is 1. The van der Waals surface area contributed by atoms with Gasteiger partial charge in [-0.25, -0.2) is 0 Å². The molecule has 0 bridgehead atoms. The Morgan fingerprint density at radius 2 is 2.28 bits per heavy atom. The monoisotopic (exact) mass is 265 g/mol. The van der Waals surface area contributed by atoms with Crippen LogP contribution in [0.1, 0.15) is 24.1 Å². The molecule has 0 amide bonds. The van der Waals surface area contributed by atoms with Gasteiger partial charge >= 0.3 is 0 Å². The van der Waals surface area contributed by atoms with E-state index >= 15 is 0 Å². The maximum Gasteiger partial charge on any atom is 0.119 e. The first-order valence-electron chi connectivity index (χ1n) is 6.46. The van der Waals surface area contributed by atoms with Gasteiger partial charge in [-0.1, -0.05) is 13.0 Å². The zero-order valence-corrected chi connectivity index (χ0v) is 11.6. The highest BCUT2D eigenvalue weighted by molar-refractivity contribution is 7.85. The largest absolute Gasteiger partial charge is 0.497 e. The van der Waals surface area contributed by atoms with Gasteiger partial charge in [0.05, 0.1) is 12.4 Å². The quantitative estimate of drug-likeness (QED) is 0.839. The molecule has 1 fully saturated rings. The molecule has 1 aliphatic heterocycles. The van der Waals surface area contributed by atoms with E-state index in [1.165, 1.54) is 11.1 Å². The molecule has 1 saturated heterocycles. The molecule has 3 rings (SSSR count). The van der Waals surface area contributed by atoms with Crippen molar-refractivity contribution in [3.8, 4) is 5.75 Å². The van der Waals surface area contributed by atoms with Crippen LogP contribution in [-0.4, -0.2) is 28.9 Å². The summed E-state index contributed by atoms with van der Waals surface area (Å²) in [6, 6.07) is 6.45. The lowest BCUT2D eigenvalue weighted by Crippen LogP contribution is -2.29. The fraction of sp³-hybridized carbons (Fsp3) is 0.571. The lowest BCUT2D eigenvalue weighted by molar-refractivity contribution is 0.413. The molecule has 0 aromatic heterocycles. The summed E-state index contributed by atoms with van der Waals surface area (Å²) >= 11 is 0. The summed E-state index contributed by atoms with van der Waals surface area (Å²) in [6.45, 7) is 3.11. The number of methoxy groups -OCH3 is 1. The molecule has 18 heavy (non-hydrogen) atoms. The van der Waals surface area contributed by atoms with E-state index in [1.807, 2.05) is 6.07 Å². The smallest absolute Gasteiger partial charge is 0.119 e. The number of hydrogen-bond acceptors (Lipinski definition) is 3. The van der Waals surface area contributed by atoms with Crippen LogP contribution in [0.3, 0.4) is 0 Å². The molecular weight excluding hydrogens is 246 g/mol. The summed E-state index contributed by atoms with van der Waals surface area (Å²) in [5, 5.41) is 3.82. The minimum absolute atomic E-state index is 0.233. The van der Waals surface area contributed by atoms with Crippen LogP contribution in [0, 0.1) is 5.92 Å². The lowest BCUT2D eigenvalue weighted by atomic mass is 10.1. The summed E-state index contributed by atoms with van der Waals surface area (Å²) in [5.74, 6) is 2.20. The third-order valence-corrected chi connectivity index (χ3v) is 5.97. The van der Waals surface area contributed by atoms with Gasteiger partial charge in [0.2, 0.25) is 0 Å². The number of hydrogen-bond donors (Lipinski definition) is 1. The van der Waals surface area contributed by atoms with Crippen molar-refractivity contribution >= 4 is 10.8 Å². The molecule has 3 nitrogen and oxygen atoms in total. The summed E-state index contributed by atoms with van der Waals surface area (Å²) in [7, 11) is 0.958. The van der Waals surface area contributed by atoms with Crippen LogP contribution in [0.25, 0.3) is 0 Å². The van der Waals surface area contributed by atoms with Crippen molar-refractivity contribution in [2.24, 2.45) is 5.92 Å². The molecular formula is C14H19NO2S. The van der Waals surface area contributed by atoms with Gasteiger partial charge in [-0.05, 0) is 42.1 Å². The minimum Gasteiger partial charge on any atom is -0.497 e. The summed E-state index contributed by atoms with van der Waals surface area (Å²) in [4.78, 5) is 0. The number of fused-ring (bicyclic) bond motifs is 3. The first-order chi connectivity index (χ1) is 8.69. The first kappa shape index (κ1) is 12.2. The van der Waals surface area contributed by atoms with Crippen LogP contribution < -0.4 is 10.1 Å². The molecule has 4 atom stereocenters. The van der Waals surface area contributed by atoms with Crippen LogP contribution in [-0.2, 0) is 17.2 Å². The van der Waals surface area contributed by atoms with E-state index in [1.54, 1.807) is 7.11 Å². The Morgan fingerprint density at radius 1 is 1.44 bits per heavy atom. The molecule has 4 unspecified atom stereocenters. The Kier molecular flexibility index (Phi) is 3.16. The van der Waals surface area contributed by atoms with Gasteiger partial charge in [-0.2, -0.15) is 0 Å². The zero-order valence-electron chi connectivity index (χ0n) is 10.8. The van der Waals surface area contributed by atoms with Crippen molar-refractivity contribution in [2.75, 3.05) is 19.4 Å². The molecule has 1 N–H and O–H groups in total. The second-order valence-corrected chi connectivity index (χ2v) is 7.05. The molecule has 1 aliphatic carbocycles. The van der Waals surface area contributed by atoms with Crippen LogP contribution in [0.15, 0.2) is 18.2 Å². The predicted octanol–water partition coefficient (Wildman–Crippen LogP) is 1.65. The van der Waals surface area contributed by atoms with Gasteiger partial charge in [0.25, 0.3) is 0 Å². The fourth-order valence-electron chi connectivity index (χ4n) is 2.99. The fourth-order valence-corrected chi connectivity index (χ4v) is 4.83. The van der Waals surface area contributed by atoms with Crippen LogP contribution >= 0.6 is 0 Å². The van der Waals surface area contributed by atoms with Gasteiger partial charge in [0, 0.05) is 22.6 Å². The topological polar surface area (TPSA) is 38.3 Å².